The summed E-state index contributed by atoms with van der Waals surface area (Å²) < 4.78 is 39.9. The van der Waals surface area contributed by atoms with Crippen molar-refractivity contribution in [3.05, 3.63) is 58.4 Å². The molecule has 1 heterocycles. The van der Waals surface area contributed by atoms with Crippen LogP contribution < -0.4 is 0 Å². The lowest BCUT2D eigenvalue weighted by molar-refractivity contribution is -0.137. The van der Waals surface area contributed by atoms with Crippen molar-refractivity contribution in [3.8, 4) is 0 Å². The highest BCUT2D eigenvalue weighted by Crippen LogP contribution is 2.29. The fourth-order valence-electron chi connectivity index (χ4n) is 2.14. The third-order valence-corrected chi connectivity index (χ3v) is 3.52. The molecule has 0 aliphatic heterocycles. The minimum atomic E-state index is -4.28. The predicted molar refractivity (Wildman–Crippen MR) is 69.2 cm³/mol. The summed E-state index contributed by atoms with van der Waals surface area (Å²) in [5.74, 6) is 0. The summed E-state index contributed by atoms with van der Waals surface area (Å²) >= 11 is 0. The SMILES string of the molecule is Cc1cn(Cc2cccc(C(F)(F)F)c2)c(C)c1C. The summed E-state index contributed by atoms with van der Waals surface area (Å²) in [7, 11) is 0. The normalized spacial score (nSPS) is 11.9. The van der Waals surface area contributed by atoms with Crippen molar-refractivity contribution in [3.63, 3.8) is 0 Å². The van der Waals surface area contributed by atoms with Crippen LogP contribution in [-0.2, 0) is 12.7 Å². The highest BCUT2D eigenvalue weighted by Gasteiger charge is 2.30. The Bertz CT molecular complexity index is 594. The molecule has 0 bridgehead atoms. The molecule has 1 nitrogen and oxygen atoms in total. The topological polar surface area (TPSA) is 4.93 Å². The van der Waals surface area contributed by atoms with Crippen molar-refractivity contribution in [1.29, 1.82) is 0 Å². The molecule has 1 aromatic heterocycles. The second kappa shape index (κ2) is 4.76. The van der Waals surface area contributed by atoms with Gasteiger partial charge in [0.2, 0.25) is 0 Å². The fraction of sp³-hybridized carbons (Fsp3) is 0.333. The smallest absolute Gasteiger partial charge is 0.347 e. The molecular formula is C15H16F3N. The van der Waals surface area contributed by atoms with E-state index in [0.29, 0.717) is 12.1 Å². The molecule has 0 aliphatic rings. The molecule has 2 aromatic rings. The van der Waals surface area contributed by atoms with Gasteiger partial charge in [0.1, 0.15) is 0 Å². The van der Waals surface area contributed by atoms with Crippen LogP contribution in [0.2, 0.25) is 0 Å². The Morgan fingerprint density at radius 2 is 1.79 bits per heavy atom. The van der Waals surface area contributed by atoms with Gasteiger partial charge in [-0.1, -0.05) is 12.1 Å². The first-order valence-corrected chi connectivity index (χ1v) is 6.08. The second-order valence-corrected chi connectivity index (χ2v) is 4.85. The van der Waals surface area contributed by atoms with Crippen LogP contribution in [-0.4, -0.2) is 4.57 Å². The van der Waals surface area contributed by atoms with E-state index in [1.807, 2.05) is 31.5 Å². The van der Waals surface area contributed by atoms with Gasteiger partial charge in [0, 0.05) is 18.4 Å². The van der Waals surface area contributed by atoms with Gasteiger partial charge < -0.3 is 4.57 Å². The number of aromatic nitrogens is 1. The van der Waals surface area contributed by atoms with Crippen LogP contribution >= 0.6 is 0 Å². The molecule has 0 radical (unpaired) electrons. The molecule has 0 unspecified atom stereocenters. The molecule has 1 aromatic carbocycles. The number of aryl methyl sites for hydroxylation is 1. The zero-order chi connectivity index (χ0) is 14.2. The van der Waals surface area contributed by atoms with Gasteiger partial charge in [0.05, 0.1) is 5.56 Å². The van der Waals surface area contributed by atoms with Crippen molar-refractivity contribution in [2.75, 3.05) is 0 Å². The van der Waals surface area contributed by atoms with Crippen LogP contribution in [0.4, 0.5) is 13.2 Å². The molecule has 0 atom stereocenters. The molecule has 102 valence electrons. The Balaban J connectivity index is 2.31. The van der Waals surface area contributed by atoms with E-state index in [1.54, 1.807) is 6.07 Å². The Kier molecular flexibility index (Phi) is 3.43. The molecule has 0 saturated carbocycles. The number of rotatable bonds is 2. The van der Waals surface area contributed by atoms with Gasteiger partial charge in [-0.15, -0.1) is 0 Å². The molecule has 4 heteroatoms. The third-order valence-electron chi connectivity index (χ3n) is 3.52. The monoisotopic (exact) mass is 267 g/mol. The Morgan fingerprint density at radius 1 is 1.11 bits per heavy atom. The standard InChI is InChI=1S/C15H16F3N/c1-10-8-19(12(3)11(10)2)9-13-5-4-6-14(7-13)15(16,17)18/h4-8H,9H2,1-3H3. The number of halogens is 3. The van der Waals surface area contributed by atoms with Crippen LogP contribution in [0.15, 0.2) is 30.5 Å². The average molecular weight is 267 g/mol. The van der Waals surface area contributed by atoms with Gasteiger partial charge in [0.15, 0.2) is 0 Å². The number of nitrogens with zero attached hydrogens (tertiary/aromatic N) is 1. The predicted octanol–water partition coefficient (Wildman–Crippen LogP) is 4.48. The summed E-state index contributed by atoms with van der Waals surface area (Å²) in [6, 6.07) is 5.49. The third kappa shape index (κ3) is 2.83. The summed E-state index contributed by atoms with van der Waals surface area (Å²) in [5, 5.41) is 0. The number of hydrogen-bond donors (Lipinski definition) is 0. The van der Waals surface area contributed by atoms with Crippen LogP contribution in [0.1, 0.15) is 27.9 Å². The number of alkyl halides is 3. The van der Waals surface area contributed by atoms with Crippen molar-refractivity contribution in [1.82, 2.24) is 4.57 Å². The van der Waals surface area contributed by atoms with Crippen molar-refractivity contribution in [2.45, 2.75) is 33.5 Å². The molecule has 0 saturated heterocycles. The molecular weight excluding hydrogens is 251 g/mol. The average Bonchev–Trinajstić information content (AvgIpc) is 2.56. The van der Waals surface area contributed by atoms with E-state index in [0.717, 1.165) is 17.3 Å². The van der Waals surface area contributed by atoms with Crippen LogP contribution in [0.3, 0.4) is 0 Å². The Hall–Kier alpha value is -1.71. The maximum absolute atomic E-state index is 12.6. The van der Waals surface area contributed by atoms with Gasteiger partial charge >= 0.3 is 6.18 Å². The zero-order valence-corrected chi connectivity index (χ0v) is 11.2. The summed E-state index contributed by atoms with van der Waals surface area (Å²) in [5.41, 5.74) is 3.50. The first-order valence-electron chi connectivity index (χ1n) is 6.08. The van der Waals surface area contributed by atoms with Gasteiger partial charge in [0.25, 0.3) is 0 Å². The van der Waals surface area contributed by atoms with Crippen molar-refractivity contribution in [2.24, 2.45) is 0 Å². The number of benzene rings is 1. The molecule has 0 N–H and O–H groups in total. The largest absolute Gasteiger partial charge is 0.416 e. The minimum Gasteiger partial charge on any atom is -0.347 e. The second-order valence-electron chi connectivity index (χ2n) is 4.85. The quantitative estimate of drug-likeness (QED) is 0.756. The molecule has 2 rings (SSSR count). The van der Waals surface area contributed by atoms with E-state index in [-0.39, 0.29) is 0 Å². The first kappa shape index (κ1) is 13.7. The fourth-order valence-corrected chi connectivity index (χ4v) is 2.14. The highest BCUT2D eigenvalue weighted by molar-refractivity contribution is 5.31. The molecule has 0 aliphatic carbocycles. The van der Waals surface area contributed by atoms with Gasteiger partial charge in [-0.25, -0.2) is 0 Å². The Labute approximate surface area is 110 Å². The van der Waals surface area contributed by atoms with Gasteiger partial charge in [-0.3, -0.25) is 0 Å². The van der Waals surface area contributed by atoms with Crippen molar-refractivity contribution >= 4 is 0 Å². The number of hydrogen-bond acceptors (Lipinski definition) is 0. The van der Waals surface area contributed by atoms with E-state index in [9.17, 15) is 13.2 Å². The van der Waals surface area contributed by atoms with E-state index >= 15 is 0 Å². The first-order chi connectivity index (χ1) is 8.79. The lowest BCUT2D eigenvalue weighted by Crippen LogP contribution is -2.07. The van der Waals surface area contributed by atoms with E-state index in [2.05, 4.69) is 0 Å². The molecule has 0 amide bonds. The lowest BCUT2D eigenvalue weighted by atomic mass is 10.1. The zero-order valence-electron chi connectivity index (χ0n) is 11.2. The summed E-state index contributed by atoms with van der Waals surface area (Å²) in [6.07, 6.45) is -2.31. The van der Waals surface area contributed by atoms with Crippen LogP contribution in [0, 0.1) is 20.8 Å². The summed E-state index contributed by atoms with van der Waals surface area (Å²) in [4.78, 5) is 0. The Morgan fingerprint density at radius 3 is 2.32 bits per heavy atom. The lowest BCUT2D eigenvalue weighted by Gasteiger charge is -2.10. The van der Waals surface area contributed by atoms with Crippen molar-refractivity contribution < 1.29 is 13.2 Å². The van der Waals surface area contributed by atoms with Gasteiger partial charge in [-0.05, 0) is 49.6 Å². The minimum absolute atomic E-state index is 0.463. The van der Waals surface area contributed by atoms with Gasteiger partial charge in [-0.2, -0.15) is 13.2 Å². The van der Waals surface area contributed by atoms with E-state index in [1.165, 1.54) is 17.7 Å². The van der Waals surface area contributed by atoms with E-state index < -0.39 is 11.7 Å². The molecule has 0 spiro atoms. The van der Waals surface area contributed by atoms with Crippen LogP contribution in [0.5, 0.6) is 0 Å². The molecule has 19 heavy (non-hydrogen) atoms. The molecule has 0 fully saturated rings. The highest BCUT2D eigenvalue weighted by atomic mass is 19.4. The summed E-state index contributed by atoms with van der Waals surface area (Å²) in [6.45, 7) is 6.47. The van der Waals surface area contributed by atoms with Crippen LogP contribution in [0.25, 0.3) is 0 Å². The van der Waals surface area contributed by atoms with E-state index in [4.69, 9.17) is 0 Å². The maximum Gasteiger partial charge on any atom is 0.416 e. The maximum atomic E-state index is 12.6.